The van der Waals surface area contributed by atoms with E-state index in [4.69, 9.17) is 16.3 Å². The van der Waals surface area contributed by atoms with Crippen LogP contribution in [0.25, 0.3) is 0 Å². The van der Waals surface area contributed by atoms with Crippen LogP contribution in [0.5, 0.6) is 0 Å². The summed E-state index contributed by atoms with van der Waals surface area (Å²) in [4.78, 5) is 0. The summed E-state index contributed by atoms with van der Waals surface area (Å²) in [5, 5.41) is 0.438. The zero-order valence-corrected chi connectivity index (χ0v) is 8.93. The molecule has 1 saturated heterocycles. The van der Waals surface area contributed by atoms with Crippen LogP contribution in [0.15, 0.2) is 0 Å². The molecule has 1 aliphatic heterocycles. The van der Waals surface area contributed by atoms with Gasteiger partial charge in [-0.2, -0.15) is 0 Å². The van der Waals surface area contributed by atoms with Crippen molar-refractivity contribution in [2.75, 3.05) is 13.2 Å². The minimum Gasteiger partial charge on any atom is -0.381 e. The second-order valence-corrected chi connectivity index (χ2v) is 5.12. The molecule has 0 aromatic heterocycles. The Bertz CT molecular complexity index is 154. The Morgan fingerprint density at radius 3 is 2.62 bits per heavy atom. The summed E-state index contributed by atoms with van der Waals surface area (Å²) >= 11 is 6.25. The highest BCUT2D eigenvalue weighted by Crippen LogP contribution is 2.35. The van der Waals surface area contributed by atoms with Gasteiger partial charge in [-0.25, -0.2) is 0 Å². The van der Waals surface area contributed by atoms with Gasteiger partial charge in [-0.3, -0.25) is 0 Å². The second-order valence-electron chi connectivity index (χ2n) is 4.50. The number of alkyl halides is 1. The summed E-state index contributed by atoms with van der Waals surface area (Å²) in [7, 11) is 0. The number of hydrogen-bond donors (Lipinski definition) is 0. The molecule has 76 valence electrons. The fraction of sp³-hybridized carbons (Fsp3) is 1.00. The SMILES string of the molecule is ClC1CCCCC(C2CCOC2)C1. The van der Waals surface area contributed by atoms with Crippen molar-refractivity contribution in [1.82, 2.24) is 0 Å². The van der Waals surface area contributed by atoms with Crippen LogP contribution in [0.3, 0.4) is 0 Å². The number of ether oxygens (including phenoxy) is 1. The summed E-state index contributed by atoms with van der Waals surface area (Å²) in [6.07, 6.45) is 7.83. The third-order valence-electron chi connectivity index (χ3n) is 3.53. The fourth-order valence-corrected chi connectivity index (χ4v) is 3.07. The maximum absolute atomic E-state index is 6.25. The van der Waals surface area contributed by atoms with Gasteiger partial charge < -0.3 is 4.74 Å². The molecule has 0 N–H and O–H groups in total. The molecular formula is C11H19ClO. The minimum atomic E-state index is 0.438. The topological polar surface area (TPSA) is 9.23 Å². The van der Waals surface area contributed by atoms with Gasteiger partial charge >= 0.3 is 0 Å². The van der Waals surface area contributed by atoms with Crippen LogP contribution in [-0.2, 0) is 4.74 Å². The average molecular weight is 203 g/mol. The molecule has 0 aromatic rings. The Labute approximate surface area is 85.8 Å². The van der Waals surface area contributed by atoms with E-state index in [2.05, 4.69) is 0 Å². The largest absolute Gasteiger partial charge is 0.381 e. The first kappa shape index (κ1) is 9.79. The van der Waals surface area contributed by atoms with Gasteiger partial charge in [-0.05, 0) is 31.1 Å². The zero-order chi connectivity index (χ0) is 9.10. The summed E-state index contributed by atoms with van der Waals surface area (Å²) in [6.45, 7) is 1.97. The summed E-state index contributed by atoms with van der Waals surface area (Å²) in [5.74, 6) is 1.67. The molecule has 3 atom stereocenters. The van der Waals surface area contributed by atoms with Crippen molar-refractivity contribution in [2.45, 2.75) is 43.9 Å². The van der Waals surface area contributed by atoms with Crippen LogP contribution in [-0.4, -0.2) is 18.6 Å². The molecule has 0 spiro atoms. The normalized spacial score (nSPS) is 41.8. The zero-order valence-electron chi connectivity index (χ0n) is 8.18. The van der Waals surface area contributed by atoms with Gasteiger partial charge in [0.2, 0.25) is 0 Å². The highest BCUT2D eigenvalue weighted by Gasteiger charge is 2.28. The van der Waals surface area contributed by atoms with Crippen LogP contribution in [0.4, 0.5) is 0 Å². The Morgan fingerprint density at radius 1 is 1.00 bits per heavy atom. The van der Waals surface area contributed by atoms with Crippen molar-refractivity contribution in [3.05, 3.63) is 0 Å². The molecule has 0 bridgehead atoms. The molecular weight excluding hydrogens is 184 g/mol. The van der Waals surface area contributed by atoms with E-state index in [1.54, 1.807) is 0 Å². The second kappa shape index (κ2) is 4.65. The molecule has 2 fully saturated rings. The summed E-state index contributed by atoms with van der Waals surface area (Å²) in [6, 6.07) is 0. The Kier molecular flexibility index (Phi) is 3.51. The van der Waals surface area contributed by atoms with Crippen LogP contribution in [0.1, 0.15) is 38.5 Å². The molecule has 13 heavy (non-hydrogen) atoms. The lowest BCUT2D eigenvalue weighted by atomic mass is 9.86. The lowest BCUT2D eigenvalue weighted by Gasteiger charge is -2.21. The van der Waals surface area contributed by atoms with Crippen molar-refractivity contribution in [3.8, 4) is 0 Å². The monoisotopic (exact) mass is 202 g/mol. The Hall–Kier alpha value is 0.250. The molecule has 2 aliphatic rings. The standard InChI is InChI=1S/C11H19ClO/c12-11-4-2-1-3-9(7-11)10-5-6-13-8-10/h9-11H,1-8H2. The number of halogens is 1. The number of rotatable bonds is 1. The molecule has 0 amide bonds. The number of hydrogen-bond acceptors (Lipinski definition) is 1. The van der Waals surface area contributed by atoms with Gasteiger partial charge in [0.15, 0.2) is 0 Å². The van der Waals surface area contributed by atoms with Crippen LogP contribution < -0.4 is 0 Å². The maximum Gasteiger partial charge on any atom is 0.0497 e. The molecule has 1 aliphatic carbocycles. The molecule has 3 unspecified atom stereocenters. The Balaban J connectivity index is 1.88. The summed E-state index contributed by atoms with van der Waals surface area (Å²) < 4.78 is 5.44. The van der Waals surface area contributed by atoms with Gasteiger partial charge in [0.1, 0.15) is 0 Å². The molecule has 2 heteroatoms. The third kappa shape index (κ3) is 2.60. The molecule has 2 rings (SSSR count). The summed E-state index contributed by atoms with van der Waals surface area (Å²) in [5.41, 5.74) is 0. The lowest BCUT2D eigenvalue weighted by molar-refractivity contribution is 0.168. The van der Waals surface area contributed by atoms with Gasteiger partial charge in [0.25, 0.3) is 0 Å². The van der Waals surface area contributed by atoms with Crippen molar-refractivity contribution < 1.29 is 4.74 Å². The van der Waals surface area contributed by atoms with Gasteiger partial charge in [0, 0.05) is 18.6 Å². The quantitative estimate of drug-likeness (QED) is 0.469. The first-order valence-electron chi connectivity index (χ1n) is 5.58. The maximum atomic E-state index is 6.25. The van der Waals surface area contributed by atoms with E-state index in [-0.39, 0.29) is 0 Å². The van der Waals surface area contributed by atoms with Crippen molar-refractivity contribution in [2.24, 2.45) is 11.8 Å². The van der Waals surface area contributed by atoms with E-state index < -0.39 is 0 Å². The van der Waals surface area contributed by atoms with Crippen molar-refractivity contribution >= 4 is 11.6 Å². The van der Waals surface area contributed by atoms with E-state index in [0.29, 0.717) is 5.38 Å². The van der Waals surface area contributed by atoms with Crippen LogP contribution in [0.2, 0.25) is 0 Å². The fourth-order valence-electron chi connectivity index (χ4n) is 2.69. The molecule has 1 nitrogen and oxygen atoms in total. The molecule has 1 saturated carbocycles. The van der Waals surface area contributed by atoms with E-state index in [9.17, 15) is 0 Å². The predicted octanol–water partition coefficient (Wildman–Crippen LogP) is 3.21. The Morgan fingerprint density at radius 2 is 1.85 bits per heavy atom. The van der Waals surface area contributed by atoms with E-state index in [1.165, 1.54) is 38.5 Å². The lowest BCUT2D eigenvalue weighted by Crippen LogP contribution is -2.17. The molecule has 0 aromatic carbocycles. The highest BCUT2D eigenvalue weighted by atomic mass is 35.5. The van der Waals surface area contributed by atoms with Gasteiger partial charge in [0.05, 0.1) is 0 Å². The minimum absolute atomic E-state index is 0.438. The average Bonchev–Trinajstić information content (AvgIpc) is 2.56. The van der Waals surface area contributed by atoms with Crippen molar-refractivity contribution in [1.29, 1.82) is 0 Å². The smallest absolute Gasteiger partial charge is 0.0497 e. The van der Waals surface area contributed by atoms with Gasteiger partial charge in [-0.1, -0.05) is 19.3 Å². The van der Waals surface area contributed by atoms with E-state index in [1.807, 2.05) is 0 Å². The predicted molar refractivity (Wildman–Crippen MR) is 55.1 cm³/mol. The van der Waals surface area contributed by atoms with Gasteiger partial charge in [-0.15, -0.1) is 11.6 Å². The van der Waals surface area contributed by atoms with E-state index in [0.717, 1.165) is 25.0 Å². The van der Waals surface area contributed by atoms with Crippen molar-refractivity contribution in [3.63, 3.8) is 0 Å². The molecule has 0 radical (unpaired) electrons. The first-order chi connectivity index (χ1) is 6.36. The van der Waals surface area contributed by atoms with Crippen LogP contribution in [0, 0.1) is 11.8 Å². The van der Waals surface area contributed by atoms with E-state index >= 15 is 0 Å². The molecule has 1 heterocycles. The third-order valence-corrected chi connectivity index (χ3v) is 3.93. The first-order valence-corrected chi connectivity index (χ1v) is 6.01. The van der Waals surface area contributed by atoms with Crippen LogP contribution >= 0.6 is 11.6 Å². The highest BCUT2D eigenvalue weighted by molar-refractivity contribution is 6.20.